The predicted molar refractivity (Wildman–Crippen MR) is 139 cm³/mol. The van der Waals surface area contributed by atoms with Crippen LogP contribution in [-0.2, 0) is 17.9 Å². The Bertz CT molecular complexity index is 1260. The molecule has 1 aromatic carbocycles. The van der Waals surface area contributed by atoms with Crippen molar-refractivity contribution in [1.29, 1.82) is 0 Å². The normalized spacial score (nSPS) is 14.2. The second-order valence-electron chi connectivity index (χ2n) is 11.0. The number of halogens is 2. The van der Waals surface area contributed by atoms with Crippen molar-refractivity contribution < 1.29 is 23.0 Å². The molecule has 2 aromatic heterocycles. The molecule has 0 radical (unpaired) electrons. The van der Waals surface area contributed by atoms with E-state index in [9.17, 15) is 13.6 Å². The number of hydrogen-bond donors (Lipinski definition) is 1. The molecule has 4 rings (SSSR count). The van der Waals surface area contributed by atoms with E-state index in [0.29, 0.717) is 23.9 Å². The van der Waals surface area contributed by atoms with Crippen molar-refractivity contribution in [2.45, 2.75) is 78.2 Å². The number of fused-ring (bicyclic) bond motifs is 1. The van der Waals surface area contributed by atoms with Crippen molar-refractivity contribution in [3.05, 3.63) is 40.3 Å². The summed E-state index contributed by atoms with van der Waals surface area (Å²) in [5, 5.41) is 4.88. The van der Waals surface area contributed by atoms with Crippen LogP contribution in [0.3, 0.4) is 0 Å². The molecule has 7 nitrogen and oxygen atoms in total. The number of hydrogen-bond acceptors (Lipinski definition) is 5. The number of H-pyrrole nitrogens is 1. The molecule has 1 aliphatic carbocycles. The van der Waals surface area contributed by atoms with Gasteiger partial charge in [-0.1, -0.05) is 33.5 Å². The Kier molecular flexibility index (Phi) is 7.84. The lowest BCUT2D eigenvalue weighted by Gasteiger charge is -2.15. The second kappa shape index (κ2) is 10.7. The van der Waals surface area contributed by atoms with E-state index >= 15 is 0 Å². The van der Waals surface area contributed by atoms with Crippen molar-refractivity contribution in [2.75, 3.05) is 6.61 Å². The second-order valence-corrected chi connectivity index (χ2v) is 16.6. The monoisotopic (exact) mass is 519 g/mol. The van der Waals surface area contributed by atoms with Crippen LogP contribution in [0.2, 0.25) is 25.7 Å². The molecular weight excluding hydrogens is 484 g/mol. The highest BCUT2D eigenvalue weighted by Gasteiger charge is 2.27. The van der Waals surface area contributed by atoms with Gasteiger partial charge >= 0.3 is 6.61 Å². The van der Waals surface area contributed by atoms with Gasteiger partial charge in [0.05, 0.1) is 28.9 Å². The van der Waals surface area contributed by atoms with Crippen LogP contribution in [0.25, 0.3) is 22.2 Å². The molecule has 0 amide bonds. The number of benzene rings is 1. The van der Waals surface area contributed by atoms with E-state index in [2.05, 4.69) is 48.3 Å². The van der Waals surface area contributed by atoms with E-state index in [0.717, 1.165) is 35.7 Å². The standard InChI is InChI=1S/C26H35F2N3O4Si/c1-16(2)12-19-23-20(14-29-31(25(23)32)15-33-10-11-36(3,4)5)30-24(19)17-6-9-21(35-26(27)28)22(13-17)34-18-7-8-18/h6,9,13-14,16,18,26,30H,7-8,10-12,15H2,1-5H3. The van der Waals surface area contributed by atoms with Crippen LogP contribution >= 0.6 is 0 Å². The van der Waals surface area contributed by atoms with Gasteiger partial charge in [0, 0.05) is 20.2 Å². The first-order valence-corrected chi connectivity index (χ1v) is 16.2. The minimum absolute atomic E-state index is 0.00154. The van der Waals surface area contributed by atoms with E-state index in [1.54, 1.807) is 18.3 Å². The minimum Gasteiger partial charge on any atom is -0.487 e. The topological polar surface area (TPSA) is 78.4 Å². The number of ether oxygens (including phenoxy) is 3. The first-order chi connectivity index (χ1) is 17.0. The summed E-state index contributed by atoms with van der Waals surface area (Å²) in [7, 11) is -1.24. The number of alkyl halides is 2. The number of rotatable bonds is 12. The van der Waals surface area contributed by atoms with Gasteiger partial charge in [-0.25, -0.2) is 4.68 Å². The summed E-state index contributed by atoms with van der Waals surface area (Å²) in [6.45, 7) is 8.75. The Morgan fingerprint density at radius 3 is 2.58 bits per heavy atom. The van der Waals surface area contributed by atoms with Gasteiger partial charge in [-0.05, 0) is 55.0 Å². The van der Waals surface area contributed by atoms with Gasteiger partial charge in [-0.3, -0.25) is 4.79 Å². The molecule has 36 heavy (non-hydrogen) atoms. The summed E-state index contributed by atoms with van der Waals surface area (Å²) >= 11 is 0. The maximum absolute atomic E-state index is 13.4. The van der Waals surface area contributed by atoms with Crippen LogP contribution in [0.1, 0.15) is 32.3 Å². The Hall–Kier alpha value is -2.72. The fraction of sp³-hybridized carbons (Fsp3) is 0.538. The van der Waals surface area contributed by atoms with Crippen LogP contribution in [0, 0.1) is 5.92 Å². The van der Waals surface area contributed by atoms with Crippen molar-refractivity contribution in [3.8, 4) is 22.8 Å². The van der Waals surface area contributed by atoms with E-state index in [4.69, 9.17) is 9.47 Å². The van der Waals surface area contributed by atoms with Crippen molar-refractivity contribution >= 4 is 19.0 Å². The maximum Gasteiger partial charge on any atom is 0.387 e. The predicted octanol–water partition coefficient (Wildman–Crippen LogP) is 6.05. The minimum atomic E-state index is -2.94. The average Bonchev–Trinajstić information content (AvgIpc) is 3.52. The van der Waals surface area contributed by atoms with E-state index < -0.39 is 14.7 Å². The quantitative estimate of drug-likeness (QED) is 0.233. The van der Waals surface area contributed by atoms with Crippen LogP contribution < -0.4 is 15.0 Å². The largest absolute Gasteiger partial charge is 0.487 e. The Morgan fingerprint density at radius 1 is 1.19 bits per heavy atom. The van der Waals surface area contributed by atoms with Crippen molar-refractivity contribution in [3.63, 3.8) is 0 Å². The first-order valence-electron chi connectivity index (χ1n) is 12.5. The summed E-state index contributed by atoms with van der Waals surface area (Å²) in [5.41, 5.74) is 2.76. The molecule has 10 heteroatoms. The molecular formula is C26H35F2N3O4Si. The number of nitrogens with one attached hydrogen (secondary N) is 1. The lowest BCUT2D eigenvalue weighted by atomic mass is 9.97. The molecule has 2 heterocycles. The molecule has 0 atom stereocenters. The highest BCUT2D eigenvalue weighted by Crippen LogP contribution is 2.39. The van der Waals surface area contributed by atoms with Gasteiger partial charge in [0.1, 0.15) is 6.73 Å². The summed E-state index contributed by atoms with van der Waals surface area (Å²) in [4.78, 5) is 16.8. The Morgan fingerprint density at radius 2 is 1.94 bits per heavy atom. The summed E-state index contributed by atoms with van der Waals surface area (Å²) in [6, 6.07) is 5.91. The van der Waals surface area contributed by atoms with Gasteiger partial charge in [-0.2, -0.15) is 13.9 Å². The van der Waals surface area contributed by atoms with Crippen molar-refractivity contribution in [1.82, 2.24) is 14.8 Å². The zero-order valence-electron chi connectivity index (χ0n) is 21.6. The maximum atomic E-state index is 13.4. The number of nitrogens with zero attached hydrogens (tertiary/aromatic N) is 2. The third-order valence-electron chi connectivity index (χ3n) is 6.00. The lowest BCUT2D eigenvalue weighted by molar-refractivity contribution is -0.0516. The third-order valence-corrected chi connectivity index (χ3v) is 7.70. The molecule has 0 spiro atoms. The molecule has 1 saturated carbocycles. The molecule has 0 bridgehead atoms. The molecule has 3 aromatic rings. The summed E-state index contributed by atoms with van der Waals surface area (Å²) in [5.74, 6) is 0.554. The fourth-order valence-electron chi connectivity index (χ4n) is 4.00. The van der Waals surface area contributed by atoms with Gasteiger partial charge in [0.25, 0.3) is 5.56 Å². The zero-order valence-corrected chi connectivity index (χ0v) is 22.6. The summed E-state index contributed by atoms with van der Waals surface area (Å²) in [6.07, 6.45) is 4.07. The summed E-state index contributed by atoms with van der Waals surface area (Å²) < 4.78 is 43.6. The number of aromatic amines is 1. The molecule has 0 unspecified atom stereocenters. The van der Waals surface area contributed by atoms with Gasteiger partial charge < -0.3 is 19.2 Å². The third kappa shape index (κ3) is 6.53. The molecule has 0 saturated heterocycles. The first kappa shape index (κ1) is 26.3. The van der Waals surface area contributed by atoms with Crippen LogP contribution in [0.5, 0.6) is 11.5 Å². The van der Waals surface area contributed by atoms with Crippen LogP contribution in [0.4, 0.5) is 8.78 Å². The molecule has 1 N–H and O–H groups in total. The fourth-order valence-corrected chi connectivity index (χ4v) is 4.76. The van der Waals surface area contributed by atoms with E-state index in [1.165, 1.54) is 10.7 Å². The zero-order chi connectivity index (χ0) is 26.0. The Labute approximate surface area is 210 Å². The van der Waals surface area contributed by atoms with Crippen LogP contribution in [0.15, 0.2) is 29.2 Å². The van der Waals surface area contributed by atoms with Gasteiger partial charge in [-0.15, -0.1) is 0 Å². The van der Waals surface area contributed by atoms with Gasteiger partial charge in [0.2, 0.25) is 0 Å². The molecule has 1 fully saturated rings. The average molecular weight is 520 g/mol. The molecule has 196 valence electrons. The highest BCUT2D eigenvalue weighted by molar-refractivity contribution is 6.76. The van der Waals surface area contributed by atoms with E-state index in [-0.39, 0.29) is 35.8 Å². The van der Waals surface area contributed by atoms with Gasteiger partial charge in [0.15, 0.2) is 11.5 Å². The molecule has 0 aliphatic heterocycles. The van der Waals surface area contributed by atoms with Crippen LogP contribution in [-0.4, -0.2) is 42.2 Å². The number of aromatic nitrogens is 3. The Balaban J connectivity index is 1.72. The SMILES string of the molecule is CC(C)Cc1c(-c2ccc(OC(F)F)c(OC3CC3)c2)[nH]c2cnn(COCC[Si](C)(C)C)c(=O)c12. The lowest BCUT2D eigenvalue weighted by Crippen LogP contribution is -2.26. The van der Waals surface area contributed by atoms with Crippen molar-refractivity contribution in [2.24, 2.45) is 5.92 Å². The highest BCUT2D eigenvalue weighted by atomic mass is 28.3. The molecule has 1 aliphatic rings. The smallest absolute Gasteiger partial charge is 0.387 e. The van der Waals surface area contributed by atoms with E-state index in [1.807, 2.05) is 0 Å².